The van der Waals surface area contributed by atoms with E-state index in [-0.39, 0.29) is 11.5 Å². The number of carbonyl (C=O) groups excluding carboxylic acids is 1. The van der Waals surface area contributed by atoms with Gasteiger partial charge in [-0.2, -0.15) is 0 Å². The van der Waals surface area contributed by atoms with E-state index in [1.54, 1.807) is 12.1 Å². The normalized spacial score (nSPS) is 10.7. The van der Waals surface area contributed by atoms with E-state index in [0.29, 0.717) is 46.0 Å². The van der Waals surface area contributed by atoms with E-state index in [1.165, 1.54) is 33.1 Å². The van der Waals surface area contributed by atoms with Crippen LogP contribution in [0.2, 0.25) is 0 Å². The third kappa shape index (κ3) is 4.61. The maximum absolute atomic E-state index is 12.7. The summed E-state index contributed by atoms with van der Waals surface area (Å²) in [6.07, 6.45) is 1.81. The van der Waals surface area contributed by atoms with Crippen LogP contribution in [-0.4, -0.2) is 47.6 Å². The number of rotatable bonds is 10. The molecule has 0 aliphatic carbocycles. The molecule has 0 fully saturated rings. The second kappa shape index (κ2) is 9.74. The molecule has 0 amide bonds. The van der Waals surface area contributed by atoms with E-state index in [4.69, 9.17) is 18.6 Å². The summed E-state index contributed by atoms with van der Waals surface area (Å²) in [6, 6.07) is 5.35. The molecule has 3 aromatic rings. The Morgan fingerprint density at radius 3 is 2.39 bits per heavy atom. The number of ketones is 1. The van der Waals surface area contributed by atoms with Crippen molar-refractivity contribution in [1.82, 2.24) is 14.8 Å². The summed E-state index contributed by atoms with van der Waals surface area (Å²) >= 11 is 1.20. The van der Waals surface area contributed by atoms with Gasteiger partial charge in [-0.25, -0.2) is 0 Å². The Hall–Kier alpha value is -3.20. The summed E-state index contributed by atoms with van der Waals surface area (Å²) in [5.74, 6) is 1.92. The van der Waals surface area contributed by atoms with Crippen molar-refractivity contribution < 1.29 is 23.4 Å². The molecule has 2 heterocycles. The first kappa shape index (κ1) is 22.5. The summed E-state index contributed by atoms with van der Waals surface area (Å²) in [6.45, 7) is 8.34. The third-order valence-electron chi connectivity index (χ3n) is 4.83. The number of aryl methyl sites for hydroxylation is 1. The summed E-state index contributed by atoms with van der Waals surface area (Å²) in [7, 11) is 4.61. The zero-order chi connectivity index (χ0) is 22.5. The van der Waals surface area contributed by atoms with Crippen LogP contribution < -0.4 is 14.2 Å². The van der Waals surface area contributed by atoms with Gasteiger partial charge in [-0.3, -0.25) is 4.79 Å². The molecule has 0 aliphatic heterocycles. The molecular formula is C22H25N3O5S. The highest BCUT2D eigenvalue weighted by molar-refractivity contribution is 7.99. The minimum absolute atomic E-state index is 0.000878. The number of aromatic nitrogens is 3. The lowest BCUT2D eigenvalue weighted by Gasteiger charge is -2.12. The number of thioether (sulfide) groups is 1. The van der Waals surface area contributed by atoms with Crippen molar-refractivity contribution in [3.8, 4) is 28.7 Å². The Labute approximate surface area is 185 Å². The summed E-state index contributed by atoms with van der Waals surface area (Å²) < 4.78 is 23.9. The van der Waals surface area contributed by atoms with Crippen LogP contribution in [0.15, 0.2) is 40.5 Å². The Morgan fingerprint density at radius 1 is 1.13 bits per heavy atom. The van der Waals surface area contributed by atoms with Crippen molar-refractivity contribution in [1.29, 1.82) is 0 Å². The minimum atomic E-state index is 0.000878. The van der Waals surface area contributed by atoms with Gasteiger partial charge < -0.3 is 23.2 Å². The van der Waals surface area contributed by atoms with Crippen LogP contribution in [0.3, 0.4) is 0 Å². The van der Waals surface area contributed by atoms with Crippen LogP contribution >= 0.6 is 11.8 Å². The molecule has 31 heavy (non-hydrogen) atoms. The number of Topliss-reactive ketones (excluding diaryl/α,β-unsaturated/α-hetero) is 1. The molecule has 0 radical (unpaired) electrons. The fourth-order valence-electron chi connectivity index (χ4n) is 3.29. The van der Waals surface area contributed by atoms with E-state index < -0.39 is 0 Å². The summed E-state index contributed by atoms with van der Waals surface area (Å²) in [5, 5.41) is 8.44. The highest BCUT2D eigenvalue weighted by Gasteiger charge is 2.19. The van der Waals surface area contributed by atoms with Crippen molar-refractivity contribution in [2.24, 2.45) is 0 Å². The summed E-state index contributed by atoms with van der Waals surface area (Å²) in [4.78, 5) is 12.7. The SMILES string of the molecule is C=CCn1c(C)cc(C(=O)CSc2nnc(-c3cc(OC)c(OC)c(OC)c3)o2)c1C. The lowest BCUT2D eigenvalue weighted by atomic mass is 10.2. The van der Waals surface area contributed by atoms with Crippen LogP contribution in [-0.2, 0) is 6.54 Å². The number of ether oxygens (including phenoxy) is 3. The average Bonchev–Trinajstić information content (AvgIpc) is 3.36. The van der Waals surface area contributed by atoms with Gasteiger partial charge in [-0.05, 0) is 32.0 Å². The van der Waals surface area contributed by atoms with Crippen molar-refractivity contribution in [3.63, 3.8) is 0 Å². The number of allylic oxidation sites excluding steroid dienone is 1. The van der Waals surface area contributed by atoms with Gasteiger partial charge in [0.05, 0.1) is 27.1 Å². The first-order chi connectivity index (χ1) is 14.9. The van der Waals surface area contributed by atoms with E-state index in [1.807, 2.05) is 26.0 Å². The number of methoxy groups -OCH3 is 3. The highest BCUT2D eigenvalue weighted by Crippen LogP contribution is 2.41. The van der Waals surface area contributed by atoms with Gasteiger partial charge >= 0.3 is 0 Å². The lowest BCUT2D eigenvalue weighted by Crippen LogP contribution is -2.06. The van der Waals surface area contributed by atoms with Gasteiger partial charge in [0, 0.05) is 29.1 Å². The standard InChI is InChI=1S/C22H25N3O5S/c1-7-8-25-13(2)9-16(14(25)3)17(26)12-31-22-24-23-21(30-22)15-10-18(27-4)20(29-6)19(11-15)28-5/h7,9-11H,1,8,12H2,2-6H3. The Balaban J connectivity index is 1.76. The maximum Gasteiger partial charge on any atom is 0.277 e. The van der Waals surface area contributed by atoms with E-state index in [9.17, 15) is 4.79 Å². The van der Waals surface area contributed by atoms with Crippen LogP contribution in [0.25, 0.3) is 11.5 Å². The largest absolute Gasteiger partial charge is 0.493 e. The molecule has 0 N–H and O–H groups in total. The zero-order valence-corrected chi connectivity index (χ0v) is 19.0. The molecule has 0 spiro atoms. The predicted molar refractivity (Wildman–Crippen MR) is 119 cm³/mol. The Bertz CT molecular complexity index is 1080. The van der Waals surface area contributed by atoms with Gasteiger partial charge in [0.1, 0.15) is 0 Å². The number of nitrogens with zero attached hydrogens (tertiary/aromatic N) is 3. The van der Waals surface area contributed by atoms with Gasteiger partial charge in [0.25, 0.3) is 5.22 Å². The fraction of sp³-hybridized carbons (Fsp3) is 0.318. The average molecular weight is 444 g/mol. The molecule has 9 heteroatoms. The van der Waals surface area contributed by atoms with E-state index >= 15 is 0 Å². The van der Waals surface area contributed by atoms with E-state index in [2.05, 4.69) is 21.3 Å². The number of benzene rings is 1. The third-order valence-corrected chi connectivity index (χ3v) is 5.65. The molecule has 8 nitrogen and oxygen atoms in total. The molecule has 0 unspecified atom stereocenters. The molecule has 0 aliphatic rings. The molecule has 0 bridgehead atoms. The fourth-order valence-corrected chi connectivity index (χ4v) is 3.93. The smallest absolute Gasteiger partial charge is 0.277 e. The second-order valence-electron chi connectivity index (χ2n) is 6.68. The van der Waals surface area contributed by atoms with Crippen molar-refractivity contribution in [2.75, 3.05) is 27.1 Å². The van der Waals surface area contributed by atoms with E-state index in [0.717, 1.165) is 11.4 Å². The van der Waals surface area contributed by atoms with Gasteiger partial charge in [0.15, 0.2) is 17.3 Å². The number of hydrogen-bond acceptors (Lipinski definition) is 8. The molecule has 0 saturated heterocycles. The topological polar surface area (TPSA) is 88.6 Å². The minimum Gasteiger partial charge on any atom is -0.493 e. The second-order valence-corrected chi connectivity index (χ2v) is 7.61. The van der Waals surface area contributed by atoms with Crippen LogP contribution in [0.5, 0.6) is 17.2 Å². The molecule has 0 saturated carbocycles. The molecule has 3 rings (SSSR count). The number of hydrogen-bond donors (Lipinski definition) is 0. The van der Waals surface area contributed by atoms with Crippen molar-refractivity contribution >= 4 is 17.5 Å². The highest BCUT2D eigenvalue weighted by atomic mass is 32.2. The maximum atomic E-state index is 12.7. The molecule has 0 atom stereocenters. The van der Waals surface area contributed by atoms with Crippen LogP contribution in [0.4, 0.5) is 0 Å². The monoisotopic (exact) mass is 443 g/mol. The first-order valence-corrected chi connectivity index (χ1v) is 10.5. The van der Waals surface area contributed by atoms with Crippen molar-refractivity contribution in [3.05, 3.63) is 47.8 Å². The van der Waals surface area contributed by atoms with Gasteiger partial charge in [-0.15, -0.1) is 16.8 Å². The first-order valence-electron chi connectivity index (χ1n) is 9.51. The summed E-state index contributed by atoms with van der Waals surface area (Å²) in [5.41, 5.74) is 3.25. The number of carbonyl (C=O) groups is 1. The van der Waals surface area contributed by atoms with Crippen LogP contribution in [0, 0.1) is 13.8 Å². The lowest BCUT2D eigenvalue weighted by molar-refractivity contribution is 0.102. The quantitative estimate of drug-likeness (QED) is 0.260. The predicted octanol–water partition coefficient (Wildman–Crippen LogP) is 4.34. The molecule has 164 valence electrons. The Morgan fingerprint density at radius 2 is 1.81 bits per heavy atom. The van der Waals surface area contributed by atoms with Crippen LogP contribution in [0.1, 0.15) is 21.7 Å². The Kier molecular flexibility index (Phi) is 7.06. The molecular weight excluding hydrogens is 418 g/mol. The van der Waals surface area contributed by atoms with Gasteiger partial charge in [-0.1, -0.05) is 17.8 Å². The van der Waals surface area contributed by atoms with Gasteiger partial charge in [0.2, 0.25) is 11.6 Å². The molecule has 2 aromatic heterocycles. The van der Waals surface area contributed by atoms with Crippen molar-refractivity contribution in [2.45, 2.75) is 25.6 Å². The molecule has 1 aromatic carbocycles. The zero-order valence-electron chi connectivity index (χ0n) is 18.2.